The zero-order valence-corrected chi connectivity index (χ0v) is 44.5. The molecular weight excluding hydrogens is 899 g/mol. The van der Waals surface area contributed by atoms with Crippen LogP contribution in [0.2, 0.25) is 0 Å². The zero-order valence-electron chi connectivity index (χ0n) is 44.5. The molecule has 0 bridgehead atoms. The summed E-state index contributed by atoms with van der Waals surface area (Å²) in [6, 6.07) is 4.93. The third kappa shape index (κ3) is 19.4. The first-order chi connectivity index (χ1) is 34.8. The van der Waals surface area contributed by atoms with Crippen molar-refractivity contribution in [3.05, 3.63) is 48.1 Å². The van der Waals surface area contributed by atoms with E-state index in [2.05, 4.69) is 31.8 Å². The standard InChI is InChI=1S/C58H97N3O10/c1-5-9-11-13-15-17-19-21-23-27-35-59-57(66)70-47-33-34-52-50(44-47)55-48(31-26-29-38-63)46(30-25-28-37-62)43-49-51(60-69-8-4)45-53(58(71-52,56(49)55)68-40-7-3)61(36-41-67-42-39-64)54(65)32-24-22-20-18-16-14-12-10-6-2/h7,33-34,43-44,46,48,53,55-56,62-64H,3,5-6,8-32,35-42,45H2,1-2,4H3,(H,59,66)/t46-,48+,53-,55+,56+,58+/m0/s1. The molecule has 71 heavy (non-hydrogen) atoms. The number of aliphatic hydroxyl groups excluding tert-OH is 3. The highest BCUT2D eigenvalue weighted by molar-refractivity contribution is 6.03. The first-order valence-electron chi connectivity index (χ1n) is 28.5. The fourth-order valence-electron chi connectivity index (χ4n) is 11.3. The predicted molar refractivity (Wildman–Crippen MR) is 284 cm³/mol. The number of carbonyl (C=O) groups is 2. The first kappa shape index (κ1) is 60.1. The lowest BCUT2D eigenvalue weighted by Gasteiger charge is -2.60. The van der Waals surface area contributed by atoms with Crippen LogP contribution >= 0.6 is 0 Å². The minimum absolute atomic E-state index is 0.0222. The number of benzene rings is 1. The van der Waals surface area contributed by atoms with Gasteiger partial charge in [-0.25, -0.2) is 4.79 Å². The minimum Gasteiger partial charge on any atom is -0.459 e. The van der Waals surface area contributed by atoms with Crippen LogP contribution in [-0.4, -0.2) is 109 Å². The molecule has 0 unspecified atom stereocenters. The monoisotopic (exact) mass is 996 g/mol. The van der Waals surface area contributed by atoms with Crippen molar-refractivity contribution in [1.82, 2.24) is 10.2 Å². The van der Waals surface area contributed by atoms with Gasteiger partial charge in [0.1, 0.15) is 24.1 Å². The third-order valence-corrected chi connectivity index (χ3v) is 14.9. The summed E-state index contributed by atoms with van der Waals surface area (Å²) in [5.41, 5.74) is 2.56. The molecular formula is C58H97N3O10. The molecule has 13 heteroatoms. The maximum Gasteiger partial charge on any atom is 0.412 e. The van der Waals surface area contributed by atoms with Crippen LogP contribution < -0.4 is 14.8 Å². The number of nitrogens with one attached hydrogen (secondary N) is 1. The fraction of sp³-hybridized carbons (Fsp3) is 0.776. The van der Waals surface area contributed by atoms with Gasteiger partial charge in [0.15, 0.2) is 0 Å². The van der Waals surface area contributed by atoms with Crippen LogP contribution in [0.5, 0.6) is 11.5 Å². The van der Waals surface area contributed by atoms with Crippen LogP contribution in [0.3, 0.4) is 0 Å². The number of rotatable bonds is 41. The maximum atomic E-state index is 14.9. The number of hydrogen-bond donors (Lipinski definition) is 4. The molecule has 1 fully saturated rings. The summed E-state index contributed by atoms with van der Waals surface area (Å²) in [7, 11) is 0. The van der Waals surface area contributed by atoms with Gasteiger partial charge in [0.25, 0.3) is 0 Å². The van der Waals surface area contributed by atoms with Crippen molar-refractivity contribution in [2.75, 3.05) is 59.3 Å². The Morgan fingerprint density at radius 3 is 2.06 bits per heavy atom. The number of aliphatic hydroxyl groups is 3. The van der Waals surface area contributed by atoms with Gasteiger partial charge in [0.05, 0.1) is 38.1 Å². The average Bonchev–Trinajstić information content (AvgIpc) is 3.37. The van der Waals surface area contributed by atoms with Crippen LogP contribution in [0.1, 0.15) is 206 Å². The van der Waals surface area contributed by atoms with Crippen molar-refractivity contribution in [1.29, 1.82) is 0 Å². The Morgan fingerprint density at radius 2 is 1.44 bits per heavy atom. The van der Waals surface area contributed by atoms with Gasteiger partial charge in [0, 0.05) is 50.6 Å². The maximum absolute atomic E-state index is 14.9. The number of allylic oxidation sites excluding steroid dienone is 1. The summed E-state index contributed by atoms with van der Waals surface area (Å²) >= 11 is 0. The largest absolute Gasteiger partial charge is 0.459 e. The van der Waals surface area contributed by atoms with Gasteiger partial charge >= 0.3 is 6.09 Å². The lowest BCUT2D eigenvalue weighted by molar-refractivity contribution is -0.258. The Labute approximate surface area is 428 Å². The van der Waals surface area contributed by atoms with Gasteiger partial charge in [-0.2, -0.15) is 0 Å². The van der Waals surface area contributed by atoms with Crippen molar-refractivity contribution in [2.45, 2.75) is 212 Å². The Hall–Kier alpha value is -3.49. The predicted octanol–water partition coefficient (Wildman–Crippen LogP) is 12.1. The molecule has 4 rings (SSSR count). The van der Waals surface area contributed by atoms with Crippen molar-refractivity contribution in [3.8, 4) is 11.5 Å². The van der Waals surface area contributed by atoms with Gasteiger partial charge in [-0.3, -0.25) is 4.79 Å². The van der Waals surface area contributed by atoms with E-state index in [4.69, 9.17) is 28.9 Å². The molecule has 0 spiro atoms. The summed E-state index contributed by atoms with van der Waals surface area (Å²) < 4.78 is 26.4. The Bertz CT molecular complexity index is 1710. The molecule has 1 aromatic carbocycles. The first-order valence-corrected chi connectivity index (χ1v) is 28.5. The van der Waals surface area contributed by atoms with E-state index in [0.29, 0.717) is 50.3 Å². The smallest absolute Gasteiger partial charge is 0.412 e. The molecule has 13 nitrogen and oxygen atoms in total. The van der Waals surface area contributed by atoms with Gasteiger partial charge in [0.2, 0.25) is 11.7 Å². The topological polar surface area (TPSA) is 169 Å². The normalized spacial score (nSPS) is 21.7. The summed E-state index contributed by atoms with van der Waals surface area (Å²) in [5, 5.41) is 37.4. The SMILES string of the molecule is C=CCO[C@@]12Oc3ccc(OC(=O)NCCCCCCCCCCCC)cc3[C@H]3[C@H](CCCCO)[C@@H](CCCCO)C=C(C(=NOCC)C[C@@H]1N(CCOCCO)C(=O)CCCCCCCCCCC)[C@H]32. The van der Waals surface area contributed by atoms with E-state index in [-0.39, 0.29) is 69.8 Å². The number of unbranched alkanes of at least 4 members (excludes halogenated alkanes) is 19. The van der Waals surface area contributed by atoms with Gasteiger partial charge in [-0.15, -0.1) is 6.58 Å². The van der Waals surface area contributed by atoms with Crippen LogP contribution in [0.15, 0.2) is 47.7 Å². The molecule has 0 radical (unpaired) electrons. The number of hydrogen-bond acceptors (Lipinski definition) is 11. The number of nitrogens with zero attached hydrogens (tertiary/aromatic N) is 2. The summed E-state index contributed by atoms with van der Waals surface area (Å²) in [6.07, 6.45) is 31.1. The zero-order chi connectivity index (χ0) is 50.9. The van der Waals surface area contributed by atoms with E-state index in [1.807, 2.05) is 24.0 Å². The summed E-state index contributed by atoms with van der Waals surface area (Å²) in [6.45, 7) is 12.2. The highest BCUT2D eigenvalue weighted by atomic mass is 16.7. The van der Waals surface area contributed by atoms with Crippen LogP contribution in [-0.2, 0) is 19.1 Å². The van der Waals surface area contributed by atoms with E-state index in [1.54, 1.807) is 12.1 Å². The van der Waals surface area contributed by atoms with Gasteiger partial charge in [-0.1, -0.05) is 153 Å². The van der Waals surface area contributed by atoms with Gasteiger partial charge in [-0.05, 0) is 81.1 Å². The third-order valence-electron chi connectivity index (χ3n) is 14.9. The summed E-state index contributed by atoms with van der Waals surface area (Å²) in [4.78, 5) is 36.1. The molecule has 1 aromatic rings. The lowest BCUT2D eigenvalue weighted by atomic mass is 9.55. The molecule has 2 amide bonds. The number of carbonyl (C=O) groups excluding carboxylic acids is 2. The van der Waals surface area contributed by atoms with E-state index in [9.17, 15) is 24.9 Å². The molecule has 6 atom stereocenters. The molecule has 1 saturated carbocycles. The fourth-order valence-corrected chi connectivity index (χ4v) is 11.3. The average molecular weight is 996 g/mol. The van der Waals surface area contributed by atoms with E-state index >= 15 is 0 Å². The van der Waals surface area contributed by atoms with Crippen molar-refractivity contribution < 1.29 is 48.7 Å². The Morgan fingerprint density at radius 1 is 0.803 bits per heavy atom. The number of oxime groups is 1. The second-order valence-electron chi connectivity index (χ2n) is 20.2. The summed E-state index contributed by atoms with van der Waals surface area (Å²) in [5.74, 6) is -1.09. The van der Waals surface area contributed by atoms with E-state index in [0.717, 1.165) is 87.5 Å². The van der Waals surface area contributed by atoms with E-state index in [1.165, 1.54) is 77.0 Å². The minimum atomic E-state index is -1.41. The number of amides is 2. The molecule has 1 heterocycles. The molecule has 3 aliphatic rings. The Kier molecular flexibility index (Phi) is 30.1. The van der Waals surface area contributed by atoms with Crippen LogP contribution in [0.25, 0.3) is 0 Å². The molecule has 404 valence electrons. The van der Waals surface area contributed by atoms with Crippen molar-refractivity contribution in [2.24, 2.45) is 22.9 Å². The second-order valence-corrected chi connectivity index (χ2v) is 20.2. The number of fused-ring (bicyclic) bond motifs is 2. The highest BCUT2D eigenvalue weighted by Gasteiger charge is 2.65. The molecule has 0 saturated heterocycles. The highest BCUT2D eigenvalue weighted by Crippen LogP contribution is 2.62. The molecule has 1 aliphatic heterocycles. The van der Waals surface area contributed by atoms with Gasteiger partial charge < -0.3 is 49.3 Å². The number of ether oxygens (including phenoxy) is 4. The van der Waals surface area contributed by atoms with Crippen LogP contribution in [0.4, 0.5) is 4.79 Å². The van der Waals surface area contributed by atoms with Crippen molar-refractivity contribution >= 4 is 17.7 Å². The van der Waals surface area contributed by atoms with E-state index < -0.39 is 23.8 Å². The molecule has 0 aromatic heterocycles. The molecule has 4 N–H and O–H groups in total. The molecule has 2 aliphatic carbocycles. The quantitative estimate of drug-likeness (QED) is 0.0281. The van der Waals surface area contributed by atoms with Crippen LogP contribution in [0, 0.1) is 17.8 Å². The van der Waals surface area contributed by atoms with Crippen molar-refractivity contribution in [3.63, 3.8) is 0 Å². The Balaban J connectivity index is 1.74. The second kappa shape index (κ2) is 35.6. The lowest BCUT2D eigenvalue weighted by Crippen LogP contribution is -2.70.